The highest BCUT2D eigenvalue weighted by Gasteiger charge is 2.17. The van der Waals surface area contributed by atoms with Gasteiger partial charge < -0.3 is 0 Å². The van der Waals surface area contributed by atoms with Crippen molar-refractivity contribution in [3.05, 3.63) is 46.8 Å². The van der Waals surface area contributed by atoms with Crippen LogP contribution in [0.5, 0.6) is 0 Å². The summed E-state index contributed by atoms with van der Waals surface area (Å²) in [6.45, 7) is 8.58. The van der Waals surface area contributed by atoms with Crippen molar-refractivity contribution in [1.29, 1.82) is 0 Å². The van der Waals surface area contributed by atoms with Crippen LogP contribution in [0.3, 0.4) is 0 Å². The van der Waals surface area contributed by atoms with Crippen LogP contribution in [0.15, 0.2) is 24.4 Å². The number of benzene rings is 1. The molecule has 2 nitrogen and oxygen atoms in total. The van der Waals surface area contributed by atoms with Crippen molar-refractivity contribution in [3.8, 4) is 5.69 Å². The predicted molar refractivity (Wildman–Crippen MR) is 65.9 cm³/mol. The molecule has 0 N–H and O–H groups in total. The van der Waals surface area contributed by atoms with E-state index in [-0.39, 0.29) is 0 Å². The van der Waals surface area contributed by atoms with Crippen molar-refractivity contribution in [3.63, 3.8) is 0 Å². The lowest BCUT2D eigenvalue weighted by atomic mass is 10.1. The van der Waals surface area contributed by atoms with Crippen molar-refractivity contribution in [2.24, 2.45) is 7.05 Å². The monoisotopic (exact) mass is 215 g/mol. The minimum atomic E-state index is 1.26. The second-order valence-electron chi connectivity index (χ2n) is 4.56. The van der Waals surface area contributed by atoms with Gasteiger partial charge in [-0.05, 0) is 33.3 Å². The molecular weight excluding hydrogens is 196 g/mol. The van der Waals surface area contributed by atoms with Gasteiger partial charge in [0.2, 0.25) is 11.9 Å². The molecule has 0 atom stereocenters. The van der Waals surface area contributed by atoms with Gasteiger partial charge in [-0.3, -0.25) is 0 Å². The maximum absolute atomic E-state index is 2.23. The van der Waals surface area contributed by atoms with E-state index in [4.69, 9.17) is 0 Å². The normalized spacial score (nSPS) is 10.8. The Bertz CT molecular complexity index is 536. The van der Waals surface area contributed by atoms with Gasteiger partial charge in [0.05, 0.1) is 12.7 Å². The molecule has 0 saturated carbocycles. The van der Waals surface area contributed by atoms with Crippen LogP contribution < -0.4 is 4.68 Å². The van der Waals surface area contributed by atoms with Crippen LogP contribution in [0, 0.1) is 27.7 Å². The molecule has 1 heterocycles. The van der Waals surface area contributed by atoms with Crippen molar-refractivity contribution in [2.45, 2.75) is 27.7 Å². The van der Waals surface area contributed by atoms with E-state index >= 15 is 0 Å². The van der Waals surface area contributed by atoms with Crippen LogP contribution in [-0.4, -0.2) is 4.68 Å². The number of aryl methyl sites for hydroxylation is 3. The van der Waals surface area contributed by atoms with E-state index in [2.05, 4.69) is 68.5 Å². The van der Waals surface area contributed by atoms with E-state index in [0.717, 1.165) is 0 Å². The first-order valence-electron chi connectivity index (χ1n) is 5.63. The topological polar surface area (TPSA) is 8.81 Å². The fourth-order valence-electron chi connectivity index (χ4n) is 1.98. The summed E-state index contributed by atoms with van der Waals surface area (Å²) in [6.07, 6.45) is 2.19. The number of rotatable bonds is 1. The van der Waals surface area contributed by atoms with Gasteiger partial charge in [0.15, 0.2) is 0 Å². The Morgan fingerprint density at radius 3 is 2.25 bits per heavy atom. The zero-order valence-electron chi connectivity index (χ0n) is 10.7. The van der Waals surface area contributed by atoms with Gasteiger partial charge in [0.25, 0.3) is 0 Å². The second kappa shape index (κ2) is 3.78. The van der Waals surface area contributed by atoms with Crippen molar-refractivity contribution < 1.29 is 4.68 Å². The first-order chi connectivity index (χ1) is 7.50. The molecule has 2 heteroatoms. The Balaban J connectivity index is 2.67. The van der Waals surface area contributed by atoms with E-state index < -0.39 is 0 Å². The summed E-state index contributed by atoms with van der Waals surface area (Å²) in [4.78, 5) is 0. The Hall–Kier alpha value is -1.57. The minimum absolute atomic E-state index is 1.26. The molecule has 2 rings (SSSR count). The maximum Gasteiger partial charge on any atom is 0.238 e. The zero-order valence-corrected chi connectivity index (χ0v) is 10.7. The summed E-state index contributed by atoms with van der Waals surface area (Å²) < 4.78 is 4.41. The number of nitrogens with zero attached hydrogens (tertiary/aromatic N) is 2. The lowest BCUT2D eigenvalue weighted by Gasteiger charge is -2.02. The predicted octanol–water partition coefficient (Wildman–Crippen LogP) is 2.54. The summed E-state index contributed by atoms with van der Waals surface area (Å²) in [7, 11) is 2.10. The second-order valence-corrected chi connectivity index (χ2v) is 4.56. The van der Waals surface area contributed by atoms with Crippen LogP contribution in [0.4, 0.5) is 0 Å². The summed E-state index contributed by atoms with van der Waals surface area (Å²) in [6, 6.07) is 6.56. The van der Waals surface area contributed by atoms with Gasteiger partial charge in [0, 0.05) is 17.2 Å². The van der Waals surface area contributed by atoms with Crippen molar-refractivity contribution in [1.82, 2.24) is 4.68 Å². The Morgan fingerprint density at radius 1 is 1.00 bits per heavy atom. The maximum atomic E-state index is 2.23. The Labute approximate surface area is 97.1 Å². The molecule has 0 bridgehead atoms. The van der Waals surface area contributed by atoms with E-state index in [1.807, 2.05) is 0 Å². The molecule has 16 heavy (non-hydrogen) atoms. The largest absolute Gasteiger partial charge is 0.238 e. The van der Waals surface area contributed by atoms with Crippen LogP contribution in [0.25, 0.3) is 5.69 Å². The van der Waals surface area contributed by atoms with Crippen LogP contribution in [0.2, 0.25) is 0 Å². The average Bonchev–Trinajstić information content (AvgIpc) is 2.50. The van der Waals surface area contributed by atoms with E-state index in [0.29, 0.717) is 0 Å². The average molecular weight is 215 g/mol. The molecule has 0 unspecified atom stereocenters. The van der Waals surface area contributed by atoms with Crippen molar-refractivity contribution >= 4 is 0 Å². The van der Waals surface area contributed by atoms with Gasteiger partial charge in [-0.25, -0.2) is 0 Å². The van der Waals surface area contributed by atoms with Crippen molar-refractivity contribution in [2.75, 3.05) is 0 Å². The number of hydrogen-bond donors (Lipinski definition) is 0. The van der Waals surface area contributed by atoms with Crippen LogP contribution >= 0.6 is 0 Å². The van der Waals surface area contributed by atoms with Gasteiger partial charge >= 0.3 is 0 Å². The summed E-state index contributed by atoms with van der Waals surface area (Å²) in [5.41, 5.74) is 6.49. The SMILES string of the molecule is Cc1ccc(C)c(-[n+]2cc(C)c(C)n2C)c1. The van der Waals surface area contributed by atoms with Crippen LogP contribution in [0.1, 0.15) is 22.4 Å². The molecule has 0 fully saturated rings. The zero-order chi connectivity index (χ0) is 11.9. The summed E-state index contributed by atoms with van der Waals surface area (Å²) >= 11 is 0. The molecular formula is C14H19N2+. The summed E-state index contributed by atoms with van der Waals surface area (Å²) in [5, 5.41) is 0. The van der Waals surface area contributed by atoms with Gasteiger partial charge in [0.1, 0.15) is 0 Å². The molecule has 0 aliphatic rings. The molecule has 0 saturated heterocycles. The third-order valence-electron chi connectivity index (χ3n) is 3.31. The van der Waals surface area contributed by atoms with Gasteiger partial charge in [-0.1, -0.05) is 16.8 Å². The summed E-state index contributed by atoms with van der Waals surface area (Å²) in [5.74, 6) is 0. The highest BCUT2D eigenvalue weighted by Crippen LogP contribution is 2.12. The molecule has 0 aliphatic carbocycles. The molecule has 0 amide bonds. The first-order valence-corrected chi connectivity index (χ1v) is 5.63. The Kier molecular flexibility index (Phi) is 2.58. The molecule has 84 valence electrons. The third-order valence-corrected chi connectivity index (χ3v) is 3.31. The highest BCUT2D eigenvalue weighted by atomic mass is 15.4. The molecule has 0 spiro atoms. The standard InChI is InChI=1S/C14H19N2/c1-10-6-7-11(2)14(8-10)16-9-12(3)13(4)15(16)5/h6-9H,1-5H3/q+1. The lowest BCUT2D eigenvalue weighted by Crippen LogP contribution is -2.39. The van der Waals surface area contributed by atoms with E-state index in [1.165, 1.54) is 28.1 Å². The van der Waals surface area contributed by atoms with E-state index in [1.54, 1.807) is 0 Å². The van der Waals surface area contributed by atoms with Gasteiger partial charge in [-0.2, -0.15) is 4.68 Å². The molecule has 0 aliphatic heterocycles. The number of hydrogen-bond acceptors (Lipinski definition) is 0. The molecule has 1 aromatic carbocycles. The van der Waals surface area contributed by atoms with Gasteiger partial charge in [-0.15, -0.1) is 0 Å². The molecule has 0 radical (unpaired) electrons. The Morgan fingerprint density at radius 2 is 1.69 bits per heavy atom. The third kappa shape index (κ3) is 1.64. The number of aromatic nitrogens is 2. The fourth-order valence-corrected chi connectivity index (χ4v) is 1.98. The smallest absolute Gasteiger partial charge is 0.155 e. The van der Waals surface area contributed by atoms with E-state index in [9.17, 15) is 0 Å². The fraction of sp³-hybridized carbons (Fsp3) is 0.357. The van der Waals surface area contributed by atoms with Crippen LogP contribution in [-0.2, 0) is 7.05 Å². The first kappa shape index (κ1) is 10.9. The molecule has 2 aromatic rings. The lowest BCUT2D eigenvalue weighted by molar-refractivity contribution is -0.683. The quantitative estimate of drug-likeness (QED) is 0.646. The molecule has 1 aromatic heterocycles. The highest BCUT2D eigenvalue weighted by molar-refractivity contribution is 5.36. The minimum Gasteiger partial charge on any atom is -0.155 e.